The lowest BCUT2D eigenvalue weighted by atomic mass is 9.99. The van der Waals surface area contributed by atoms with Crippen LogP contribution in [0.3, 0.4) is 0 Å². The number of hydrogen-bond acceptors (Lipinski definition) is 5. The molecule has 11 heteroatoms. The number of ether oxygens (including phenoxy) is 1. The number of carbonyl (C=O) groups excluding carboxylic acids is 2. The lowest BCUT2D eigenvalue weighted by Crippen LogP contribution is -2.25. The minimum atomic E-state index is -0.0553. The van der Waals surface area contributed by atoms with Gasteiger partial charge < -0.3 is 37.3 Å². The second-order valence-corrected chi connectivity index (χ2v) is 11.9. The van der Waals surface area contributed by atoms with Crippen LogP contribution >= 0.6 is 11.3 Å². The van der Waals surface area contributed by atoms with Crippen LogP contribution in [-0.4, -0.2) is 71.4 Å². The smallest absolute Gasteiger partial charge is 0.224 e. The first-order valence-electron chi connectivity index (χ1n) is 14.6. The maximum atomic E-state index is 12.5. The van der Waals surface area contributed by atoms with Crippen molar-refractivity contribution in [3.8, 4) is 29.0 Å². The molecule has 2 fully saturated rings. The van der Waals surface area contributed by atoms with Crippen molar-refractivity contribution in [1.82, 2.24) is 10.2 Å². The number of likely N-dealkylation sites (tertiary alicyclic amines) is 1. The zero-order chi connectivity index (χ0) is 29.3. The fourth-order valence-corrected chi connectivity index (χ4v) is 6.93. The van der Waals surface area contributed by atoms with Crippen molar-refractivity contribution < 1.29 is 36.2 Å². The number of amides is 2. The van der Waals surface area contributed by atoms with Crippen LogP contribution in [0.2, 0.25) is 0 Å². The molecule has 1 aromatic heterocycles. The SMILES string of the molecule is C#C.O.O.O.O.O=C1CC(CC(=O)Nc2ccc(-c3sc4ccccc4c3Cc3ccc(OCCN4CCCC4)cc3)cc2)CN1. The van der Waals surface area contributed by atoms with E-state index < -0.39 is 0 Å². The van der Waals surface area contributed by atoms with E-state index >= 15 is 0 Å². The van der Waals surface area contributed by atoms with Gasteiger partial charge in [-0.3, -0.25) is 14.5 Å². The summed E-state index contributed by atoms with van der Waals surface area (Å²) in [5, 5.41) is 7.07. The summed E-state index contributed by atoms with van der Waals surface area (Å²) in [6, 6.07) is 25.2. The Hall–Kier alpha value is -4.28. The van der Waals surface area contributed by atoms with Crippen LogP contribution in [0.4, 0.5) is 5.69 Å². The third-order valence-corrected chi connectivity index (χ3v) is 9.11. The Balaban J connectivity index is 0.00000173. The maximum Gasteiger partial charge on any atom is 0.224 e. The van der Waals surface area contributed by atoms with Crippen LogP contribution in [-0.2, 0) is 16.0 Å². The fraction of sp³-hybridized carbons (Fsp3) is 0.314. The Labute approximate surface area is 274 Å². The molecule has 3 heterocycles. The van der Waals surface area contributed by atoms with Gasteiger partial charge in [0.2, 0.25) is 11.8 Å². The van der Waals surface area contributed by atoms with Crippen molar-refractivity contribution in [3.05, 3.63) is 83.9 Å². The van der Waals surface area contributed by atoms with E-state index in [4.69, 9.17) is 4.74 Å². The quantitative estimate of drug-likeness (QED) is 0.249. The average molecular weight is 652 g/mol. The number of fused-ring (bicyclic) bond motifs is 1. The highest BCUT2D eigenvalue weighted by atomic mass is 32.1. The van der Waals surface area contributed by atoms with E-state index in [1.165, 1.54) is 52.0 Å². The molecular weight excluding hydrogens is 606 g/mol. The molecule has 2 aliphatic heterocycles. The minimum Gasteiger partial charge on any atom is -0.492 e. The molecule has 248 valence electrons. The Morgan fingerprint density at radius 2 is 1.61 bits per heavy atom. The van der Waals surface area contributed by atoms with Crippen LogP contribution in [0.1, 0.15) is 36.8 Å². The lowest BCUT2D eigenvalue weighted by molar-refractivity contribution is -0.119. The van der Waals surface area contributed by atoms with Gasteiger partial charge in [-0.15, -0.1) is 24.2 Å². The summed E-state index contributed by atoms with van der Waals surface area (Å²) in [5.41, 5.74) is 4.48. The Kier molecular flexibility index (Phi) is 16.7. The van der Waals surface area contributed by atoms with E-state index in [1.807, 2.05) is 23.5 Å². The van der Waals surface area contributed by atoms with Crippen molar-refractivity contribution >= 4 is 38.9 Å². The molecule has 0 aliphatic carbocycles. The van der Waals surface area contributed by atoms with Crippen LogP contribution in [0.25, 0.3) is 20.5 Å². The third-order valence-electron chi connectivity index (χ3n) is 7.84. The molecule has 0 saturated carbocycles. The van der Waals surface area contributed by atoms with E-state index in [9.17, 15) is 9.59 Å². The van der Waals surface area contributed by atoms with Crippen molar-refractivity contribution in [3.63, 3.8) is 0 Å². The maximum absolute atomic E-state index is 12.5. The molecule has 0 radical (unpaired) electrons. The molecule has 10 N–H and O–H groups in total. The third kappa shape index (κ3) is 10.1. The fourth-order valence-electron chi connectivity index (χ4n) is 5.70. The molecule has 0 bridgehead atoms. The average Bonchev–Trinajstić information content (AvgIpc) is 3.76. The lowest BCUT2D eigenvalue weighted by Gasteiger charge is -2.15. The molecular formula is C35H45N3O7S. The summed E-state index contributed by atoms with van der Waals surface area (Å²) in [5.74, 6) is 0.967. The predicted molar refractivity (Wildman–Crippen MR) is 186 cm³/mol. The normalized spacial score (nSPS) is 15.1. The van der Waals surface area contributed by atoms with Gasteiger partial charge in [-0.25, -0.2) is 0 Å². The standard InChI is InChI=1S/C33H35N3O3S.C2H2.4H2O/c37-31-20-24(22-34-31)21-32(38)35-26-11-9-25(10-12-26)33-29(28-5-1-2-6-30(28)40-33)19-23-7-13-27(14-8-23)39-18-17-36-15-3-4-16-36;1-2;;;;/h1-2,5-14,24H,3-4,15-22H2,(H,34,37)(H,35,38);1-2H;4*1H2. The number of anilines is 1. The van der Waals surface area contributed by atoms with Gasteiger partial charge in [-0.2, -0.15) is 0 Å². The van der Waals surface area contributed by atoms with Gasteiger partial charge >= 0.3 is 0 Å². The number of terminal acetylenes is 1. The minimum absolute atomic E-state index is 0. The van der Waals surface area contributed by atoms with Crippen molar-refractivity contribution in [2.75, 3.05) is 38.1 Å². The molecule has 3 aromatic carbocycles. The van der Waals surface area contributed by atoms with E-state index in [1.54, 1.807) is 0 Å². The van der Waals surface area contributed by atoms with Gasteiger partial charge in [0.15, 0.2) is 0 Å². The predicted octanol–water partition coefficient (Wildman–Crippen LogP) is 3.05. The second-order valence-electron chi connectivity index (χ2n) is 10.8. The number of benzene rings is 3. The molecule has 46 heavy (non-hydrogen) atoms. The van der Waals surface area contributed by atoms with Crippen LogP contribution in [0.5, 0.6) is 5.75 Å². The van der Waals surface area contributed by atoms with Crippen molar-refractivity contribution in [1.29, 1.82) is 0 Å². The van der Waals surface area contributed by atoms with Crippen molar-refractivity contribution in [2.24, 2.45) is 5.92 Å². The molecule has 1 unspecified atom stereocenters. The van der Waals surface area contributed by atoms with Gasteiger partial charge in [-0.05, 0) is 90.7 Å². The van der Waals surface area contributed by atoms with Gasteiger partial charge in [0.05, 0.1) is 0 Å². The number of hydrogen-bond donors (Lipinski definition) is 2. The van der Waals surface area contributed by atoms with Crippen LogP contribution < -0.4 is 15.4 Å². The highest BCUT2D eigenvalue weighted by Crippen LogP contribution is 2.40. The van der Waals surface area contributed by atoms with E-state index in [0.717, 1.165) is 36.6 Å². The Morgan fingerprint density at radius 3 is 2.26 bits per heavy atom. The summed E-state index contributed by atoms with van der Waals surface area (Å²) in [6.07, 6.45) is 12.2. The zero-order valence-corrected chi connectivity index (χ0v) is 26.6. The largest absolute Gasteiger partial charge is 0.492 e. The molecule has 2 aliphatic rings. The molecule has 6 rings (SSSR count). The topological polar surface area (TPSA) is 197 Å². The van der Waals surface area contributed by atoms with Gasteiger partial charge in [0.25, 0.3) is 0 Å². The zero-order valence-electron chi connectivity index (χ0n) is 25.8. The first kappa shape index (κ1) is 39.7. The summed E-state index contributed by atoms with van der Waals surface area (Å²) in [7, 11) is 0. The Morgan fingerprint density at radius 1 is 0.935 bits per heavy atom. The van der Waals surface area contributed by atoms with E-state index in [0.29, 0.717) is 19.4 Å². The van der Waals surface area contributed by atoms with Crippen LogP contribution in [0, 0.1) is 18.8 Å². The first-order valence-corrected chi connectivity index (χ1v) is 15.4. The molecule has 1 atom stereocenters. The highest BCUT2D eigenvalue weighted by Gasteiger charge is 2.24. The van der Waals surface area contributed by atoms with Gasteiger partial charge in [-0.1, -0.05) is 42.5 Å². The van der Waals surface area contributed by atoms with E-state index in [-0.39, 0.29) is 39.6 Å². The van der Waals surface area contributed by atoms with Crippen molar-refractivity contribution in [2.45, 2.75) is 32.1 Å². The summed E-state index contributed by atoms with van der Waals surface area (Å²) in [6.45, 7) is 4.69. The summed E-state index contributed by atoms with van der Waals surface area (Å²) in [4.78, 5) is 27.6. The highest BCUT2D eigenvalue weighted by molar-refractivity contribution is 7.22. The summed E-state index contributed by atoms with van der Waals surface area (Å²) >= 11 is 1.81. The molecule has 0 spiro atoms. The monoisotopic (exact) mass is 651 g/mol. The molecule has 4 aromatic rings. The summed E-state index contributed by atoms with van der Waals surface area (Å²) < 4.78 is 7.28. The molecule has 2 amide bonds. The molecule has 2 saturated heterocycles. The number of thiophene rings is 1. The van der Waals surface area contributed by atoms with Crippen LogP contribution in [0.15, 0.2) is 72.8 Å². The number of rotatable bonds is 10. The second kappa shape index (κ2) is 19.3. The first-order chi connectivity index (χ1) is 20.6. The number of nitrogens with one attached hydrogen (secondary N) is 2. The molecule has 10 nitrogen and oxygen atoms in total. The number of carbonyl (C=O) groups is 2. The van der Waals surface area contributed by atoms with Gasteiger partial charge in [0.1, 0.15) is 12.4 Å². The Bertz CT molecular complexity index is 1530. The number of nitrogens with zero attached hydrogens (tertiary/aromatic N) is 1. The van der Waals surface area contributed by atoms with E-state index in [2.05, 4.69) is 89.0 Å². The van der Waals surface area contributed by atoms with Gasteiger partial charge in [0, 0.05) is 41.2 Å².